The number of thioether (sulfide) groups is 1. The Morgan fingerprint density at radius 2 is 2.15 bits per heavy atom. The van der Waals surface area contributed by atoms with Crippen LogP contribution >= 0.6 is 11.8 Å². The van der Waals surface area contributed by atoms with E-state index < -0.39 is 5.97 Å². The highest BCUT2D eigenvalue weighted by molar-refractivity contribution is 7.99. The fraction of sp³-hybridized carbons (Fsp3) is 0.889. The lowest BCUT2D eigenvalue weighted by molar-refractivity contribution is -0.138. The van der Waals surface area contributed by atoms with Crippen molar-refractivity contribution >= 4 is 17.7 Å². The molecule has 0 spiro atoms. The highest BCUT2D eigenvalue weighted by Gasteiger charge is 2.15. The van der Waals surface area contributed by atoms with E-state index in [-0.39, 0.29) is 6.04 Å². The third-order valence-electron chi connectivity index (χ3n) is 1.57. The first-order chi connectivity index (χ1) is 6.22. The van der Waals surface area contributed by atoms with E-state index in [9.17, 15) is 4.79 Å². The smallest absolute Gasteiger partial charge is 0.321 e. The van der Waals surface area contributed by atoms with Crippen molar-refractivity contribution < 1.29 is 9.90 Å². The van der Waals surface area contributed by atoms with Crippen molar-refractivity contribution in [1.82, 2.24) is 5.32 Å². The van der Waals surface area contributed by atoms with Crippen molar-refractivity contribution in [1.29, 1.82) is 0 Å². The highest BCUT2D eigenvalue weighted by atomic mass is 32.2. The van der Waals surface area contributed by atoms with Gasteiger partial charge < -0.3 is 10.4 Å². The fourth-order valence-electron chi connectivity index (χ4n) is 0.882. The third-order valence-corrected chi connectivity index (χ3v) is 2.84. The molecular formula is C9H19NO2S. The SMILES string of the molecule is CCCN[C@@H](CSCCC)C(=O)O. The highest BCUT2D eigenvalue weighted by Crippen LogP contribution is 2.04. The zero-order valence-electron chi connectivity index (χ0n) is 8.38. The fourth-order valence-corrected chi connectivity index (χ4v) is 1.83. The number of carboxylic acid groups (broad SMARTS) is 1. The Labute approximate surface area is 84.3 Å². The van der Waals surface area contributed by atoms with E-state index in [2.05, 4.69) is 12.2 Å². The van der Waals surface area contributed by atoms with Crippen molar-refractivity contribution in [2.24, 2.45) is 0 Å². The maximum Gasteiger partial charge on any atom is 0.321 e. The molecule has 0 amide bonds. The molecule has 0 aliphatic heterocycles. The van der Waals surface area contributed by atoms with Gasteiger partial charge >= 0.3 is 5.97 Å². The van der Waals surface area contributed by atoms with Gasteiger partial charge in [-0.05, 0) is 25.1 Å². The molecule has 78 valence electrons. The Balaban J connectivity index is 3.61. The minimum Gasteiger partial charge on any atom is -0.480 e. The summed E-state index contributed by atoms with van der Waals surface area (Å²) in [6.07, 6.45) is 2.08. The Kier molecular flexibility index (Phi) is 8.24. The van der Waals surface area contributed by atoms with Crippen molar-refractivity contribution in [2.75, 3.05) is 18.1 Å². The maximum absolute atomic E-state index is 10.7. The van der Waals surface area contributed by atoms with Crippen molar-refractivity contribution in [3.05, 3.63) is 0 Å². The molecule has 0 radical (unpaired) electrons. The quantitative estimate of drug-likeness (QED) is 0.591. The van der Waals surface area contributed by atoms with Gasteiger partial charge in [0.25, 0.3) is 0 Å². The molecule has 3 nitrogen and oxygen atoms in total. The predicted octanol–water partition coefficient (Wildman–Crippen LogP) is 1.58. The van der Waals surface area contributed by atoms with Gasteiger partial charge in [-0.25, -0.2) is 0 Å². The van der Waals surface area contributed by atoms with E-state index in [4.69, 9.17) is 5.11 Å². The molecule has 0 aliphatic rings. The average molecular weight is 205 g/mol. The van der Waals surface area contributed by atoms with Gasteiger partial charge in [-0.15, -0.1) is 0 Å². The number of hydrogen-bond donors (Lipinski definition) is 2. The molecule has 13 heavy (non-hydrogen) atoms. The van der Waals surface area contributed by atoms with E-state index in [0.717, 1.165) is 25.1 Å². The van der Waals surface area contributed by atoms with Crippen LogP contribution in [-0.2, 0) is 4.79 Å². The van der Waals surface area contributed by atoms with E-state index in [1.807, 2.05) is 6.92 Å². The Morgan fingerprint density at radius 1 is 1.46 bits per heavy atom. The summed E-state index contributed by atoms with van der Waals surface area (Å²) < 4.78 is 0. The Hall–Kier alpha value is -0.220. The van der Waals surface area contributed by atoms with Gasteiger partial charge in [0, 0.05) is 5.75 Å². The molecule has 0 bridgehead atoms. The van der Waals surface area contributed by atoms with Crippen LogP contribution < -0.4 is 5.32 Å². The zero-order valence-corrected chi connectivity index (χ0v) is 9.19. The molecule has 0 saturated heterocycles. The molecule has 2 N–H and O–H groups in total. The van der Waals surface area contributed by atoms with Gasteiger partial charge in [-0.1, -0.05) is 13.8 Å². The molecule has 0 aliphatic carbocycles. The second-order valence-corrected chi connectivity index (χ2v) is 4.07. The molecule has 0 aromatic rings. The van der Waals surface area contributed by atoms with Crippen LogP contribution in [0, 0.1) is 0 Å². The van der Waals surface area contributed by atoms with Gasteiger partial charge in [0.2, 0.25) is 0 Å². The average Bonchev–Trinajstić information content (AvgIpc) is 2.10. The minimum absolute atomic E-state index is 0.378. The number of nitrogens with one attached hydrogen (secondary N) is 1. The molecule has 0 rings (SSSR count). The Morgan fingerprint density at radius 3 is 2.62 bits per heavy atom. The van der Waals surface area contributed by atoms with Gasteiger partial charge in [0.15, 0.2) is 0 Å². The topological polar surface area (TPSA) is 49.3 Å². The van der Waals surface area contributed by atoms with E-state index in [0.29, 0.717) is 5.75 Å². The molecule has 0 aromatic heterocycles. The number of aliphatic carboxylic acids is 1. The van der Waals surface area contributed by atoms with Crippen LogP contribution in [0.1, 0.15) is 26.7 Å². The van der Waals surface area contributed by atoms with E-state index in [1.54, 1.807) is 11.8 Å². The molecule has 0 saturated carbocycles. The summed E-state index contributed by atoms with van der Waals surface area (Å²) in [4.78, 5) is 10.7. The van der Waals surface area contributed by atoms with Gasteiger partial charge in [-0.2, -0.15) is 11.8 Å². The van der Waals surface area contributed by atoms with Gasteiger partial charge in [0.1, 0.15) is 6.04 Å². The van der Waals surface area contributed by atoms with Gasteiger partial charge in [0.05, 0.1) is 0 Å². The second-order valence-electron chi connectivity index (χ2n) is 2.92. The second kappa shape index (κ2) is 8.38. The lowest BCUT2D eigenvalue weighted by Gasteiger charge is -2.12. The number of hydrogen-bond acceptors (Lipinski definition) is 3. The molecule has 0 aromatic carbocycles. The molecule has 0 unspecified atom stereocenters. The lowest BCUT2D eigenvalue weighted by atomic mass is 10.3. The van der Waals surface area contributed by atoms with E-state index >= 15 is 0 Å². The van der Waals surface area contributed by atoms with Crippen molar-refractivity contribution in [2.45, 2.75) is 32.7 Å². The molecule has 0 fully saturated rings. The summed E-state index contributed by atoms with van der Waals surface area (Å²) in [6, 6.07) is -0.378. The molecular weight excluding hydrogens is 186 g/mol. The van der Waals surface area contributed by atoms with Crippen molar-refractivity contribution in [3.63, 3.8) is 0 Å². The minimum atomic E-state index is -0.739. The summed E-state index contributed by atoms with van der Waals surface area (Å²) in [5.74, 6) is 0.970. The summed E-state index contributed by atoms with van der Waals surface area (Å²) >= 11 is 1.70. The van der Waals surface area contributed by atoms with E-state index in [1.165, 1.54) is 0 Å². The van der Waals surface area contributed by atoms with Crippen LogP contribution in [0.3, 0.4) is 0 Å². The maximum atomic E-state index is 10.7. The lowest BCUT2D eigenvalue weighted by Crippen LogP contribution is -2.39. The molecule has 1 atom stereocenters. The zero-order chi connectivity index (χ0) is 10.1. The van der Waals surface area contributed by atoms with Crippen LogP contribution in [0.4, 0.5) is 0 Å². The largest absolute Gasteiger partial charge is 0.480 e. The van der Waals surface area contributed by atoms with Crippen LogP contribution in [0.15, 0.2) is 0 Å². The molecule has 4 heteroatoms. The van der Waals surface area contributed by atoms with Gasteiger partial charge in [-0.3, -0.25) is 4.79 Å². The first kappa shape index (κ1) is 12.8. The molecule has 0 heterocycles. The summed E-state index contributed by atoms with van der Waals surface area (Å²) in [5, 5.41) is 11.8. The van der Waals surface area contributed by atoms with Crippen LogP contribution in [-0.4, -0.2) is 35.2 Å². The monoisotopic (exact) mass is 205 g/mol. The van der Waals surface area contributed by atoms with Crippen molar-refractivity contribution in [3.8, 4) is 0 Å². The first-order valence-corrected chi connectivity index (χ1v) is 5.91. The summed E-state index contributed by atoms with van der Waals surface area (Å²) in [6.45, 7) is 4.91. The van der Waals surface area contributed by atoms with Crippen LogP contribution in [0.2, 0.25) is 0 Å². The number of rotatable bonds is 8. The summed E-state index contributed by atoms with van der Waals surface area (Å²) in [5.41, 5.74) is 0. The summed E-state index contributed by atoms with van der Waals surface area (Å²) in [7, 11) is 0. The first-order valence-electron chi connectivity index (χ1n) is 4.76. The van der Waals surface area contributed by atoms with Crippen LogP contribution in [0.25, 0.3) is 0 Å². The number of carbonyl (C=O) groups is 1. The Bertz CT molecular complexity index is 142. The standard InChI is InChI=1S/C9H19NO2S/c1-3-5-10-8(9(11)12)7-13-6-4-2/h8,10H,3-7H2,1-2H3,(H,11,12)/t8-/m0/s1. The number of carboxylic acids is 1. The third kappa shape index (κ3) is 6.90. The van der Waals surface area contributed by atoms with Crippen LogP contribution in [0.5, 0.6) is 0 Å². The predicted molar refractivity (Wildman–Crippen MR) is 57.3 cm³/mol. The normalized spacial score (nSPS) is 12.8.